The summed E-state index contributed by atoms with van der Waals surface area (Å²) in [4.78, 5) is 4.58. The molecule has 0 saturated carbocycles. The van der Waals surface area contributed by atoms with Crippen LogP contribution in [0.3, 0.4) is 0 Å². The monoisotopic (exact) mass is 322 g/mol. The molecule has 0 bridgehead atoms. The Bertz CT molecular complexity index is 871. The maximum Gasteiger partial charge on any atom is 0.145 e. The van der Waals surface area contributed by atoms with Gasteiger partial charge in [-0.3, -0.25) is 4.57 Å². The summed E-state index contributed by atoms with van der Waals surface area (Å²) in [6.07, 6.45) is 1.84. The molecule has 96 valence electrons. The standard InChI is InChI=1S/C17H11BrN2/c18-14-8-2-4-10-16(14)20-15-9-3-1-6-12(15)13-7-5-11-19-17(13)20/h1-11H. The zero-order valence-corrected chi connectivity index (χ0v) is 12.2. The first-order valence-electron chi connectivity index (χ1n) is 6.45. The lowest BCUT2D eigenvalue weighted by molar-refractivity contribution is 1.13. The normalized spacial score (nSPS) is 11.2. The van der Waals surface area contributed by atoms with Crippen molar-refractivity contribution in [3.8, 4) is 5.69 Å². The minimum absolute atomic E-state index is 0.987. The molecule has 0 aliphatic carbocycles. The molecule has 0 atom stereocenters. The molecule has 20 heavy (non-hydrogen) atoms. The van der Waals surface area contributed by atoms with Crippen LogP contribution < -0.4 is 0 Å². The third-order valence-corrected chi connectivity index (χ3v) is 4.20. The van der Waals surface area contributed by atoms with E-state index in [0.29, 0.717) is 0 Å². The van der Waals surface area contributed by atoms with Crippen LogP contribution in [0.15, 0.2) is 71.3 Å². The van der Waals surface area contributed by atoms with Crippen LogP contribution in [0, 0.1) is 0 Å². The molecule has 4 rings (SSSR count). The van der Waals surface area contributed by atoms with Gasteiger partial charge in [-0.2, -0.15) is 0 Å². The van der Waals surface area contributed by atoms with Crippen molar-refractivity contribution in [2.75, 3.05) is 0 Å². The van der Waals surface area contributed by atoms with Gasteiger partial charge in [-0.1, -0.05) is 30.3 Å². The summed E-state index contributed by atoms with van der Waals surface area (Å²) in [6.45, 7) is 0. The Morgan fingerprint density at radius 3 is 2.45 bits per heavy atom. The third-order valence-electron chi connectivity index (χ3n) is 3.53. The summed E-state index contributed by atoms with van der Waals surface area (Å²) < 4.78 is 3.27. The molecule has 0 amide bonds. The summed E-state index contributed by atoms with van der Waals surface area (Å²) in [7, 11) is 0. The highest BCUT2D eigenvalue weighted by atomic mass is 79.9. The van der Waals surface area contributed by atoms with E-state index in [-0.39, 0.29) is 0 Å². The Labute approximate surface area is 124 Å². The van der Waals surface area contributed by atoms with Crippen molar-refractivity contribution >= 4 is 37.9 Å². The number of nitrogens with zero attached hydrogens (tertiary/aromatic N) is 2. The van der Waals surface area contributed by atoms with Gasteiger partial charge in [0.1, 0.15) is 5.65 Å². The van der Waals surface area contributed by atoms with E-state index < -0.39 is 0 Å². The Morgan fingerprint density at radius 2 is 1.55 bits per heavy atom. The average molecular weight is 323 g/mol. The van der Waals surface area contributed by atoms with E-state index in [1.807, 2.05) is 24.4 Å². The molecule has 0 aliphatic heterocycles. The first-order valence-corrected chi connectivity index (χ1v) is 7.24. The maximum atomic E-state index is 4.58. The second kappa shape index (κ2) is 4.46. The summed E-state index contributed by atoms with van der Waals surface area (Å²) in [5.41, 5.74) is 3.27. The smallest absolute Gasteiger partial charge is 0.145 e. The van der Waals surface area contributed by atoms with Crippen LogP contribution in [0.25, 0.3) is 27.6 Å². The largest absolute Gasteiger partial charge is 0.293 e. The lowest BCUT2D eigenvalue weighted by atomic mass is 10.2. The number of hydrogen-bond donors (Lipinski definition) is 0. The van der Waals surface area contributed by atoms with E-state index in [1.165, 1.54) is 16.3 Å². The molecule has 2 aromatic heterocycles. The molecule has 0 N–H and O–H groups in total. The predicted molar refractivity (Wildman–Crippen MR) is 86.3 cm³/mol. The van der Waals surface area contributed by atoms with E-state index in [9.17, 15) is 0 Å². The SMILES string of the molecule is Brc1ccccc1-n1c2ccccc2c2cccnc21. The molecule has 0 radical (unpaired) electrons. The van der Waals surface area contributed by atoms with Crippen molar-refractivity contribution in [2.45, 2.75) is 0 Å². The Kier molecular flexibility index (Phi) is 2.60. The van der Waals surface area contributed by atoms with Crippen LogP contribution >= 0.6 is 15.9 Å². The van der Waals surface area contributed by atoms with Crippen LogP contribution in [0.4, 0.5) is 0 Å². The van der Waals surface area contributed by atoms with E-state index in [4.69, 9.17) is 0 Å². The van der Waals surface area contributed by atoms with E-state index in [1.54, 1.807) is 0 Å². The van der Waals surface area contributed by atoms with Crippen molar-refractivity contribution in [1.29, 1.82) is 0 Å². The minimum atomic E-state index is 0.987. The average Bonchev–Trinajstić information content (AvgIpc) is 2.83. The van der Waals surface area contributed by atoms with Crippen molar-refractivity contribution in [3.63, 3.8) is 0 Å². The molecular weight excluding hydrogens is 312 g/mol. The fourth-order valence-corrected chi connectivity index (χ4v) is 3.13. The number of benzene rings is 2. The number of para-hydroxylation sites is 2. The summed E-state index contributed by atoms with van der Waals surface area (Å²) >= 11 is 3.64. The van der Waals surface area contributed by atoms with Crippen molar-refractivity contribution in [1.82, 2.24) is 9.55 Å². The molecule has 0 saturated heterocycles. The maximum absolute atomic E-state index is 4.58. The summed E-state index contributed by atoms with van der Waals surface area (Å²) in [5.74, 6) is 0. The number of halogens is 1. The fraction of sp³-hybridized carbons (Fsp3) is 0. The highest BCUT2D eigenvalue weighted by Crippen LogP contribution is 2.32. The molecule has 2 nitrogen and oxygen atoms in total. The first-order chi connectivity index (χ1) is 9.86. The predicted octanol–water partition coefficient (Wildman–Crippen LogP) is 4.94. The van der Waals surface area contributed by atoms with Crippen LogP contribution in [-0.2, 0) is 0 Å². The second-order valence-corrected chi connectivity index (χ2v) is 5.53. The molecule has 0 spiro atoms. The zero-order chi connectivity index (χ0) is 13.5. The van der Waals surface area contributed by atoms with E-state index >= 15 is 0 Å². The highest BCUT2D eigenvalue weighted by Gasteiger charge is 2.13. The van der Waals surface area contributed by atoms with Gasteiger partial charge in [0.25, 0.3) is 0 Å². The molecule has 3 heteroatoms. The molecule has 2 aromatic carbocycles. The second-order valence-electron chi connectivity index (χ2n) is 4.68. The number of hydrogen-bond acceptors (Lipinski definition) is 1. The number of rotatable bonds is 1. The third kappa shape index (κ3) is 1.60. The summed E-state index contributed by atoms with van der Waals surface area (Å²) in [5, 5.41) is 2.41. The van der Waals surface area contributed by atoms with Gasteiger partial charge in [0.2, 0.25) is 0 Å². The number of aromatic nitrogens is 2. The Hall–Kier alpha value is -2.13. The van der Waals surface area contributed by atoms with Gasteiger partial charge < -0.3 is 0 Å². The van der Waals surface area contributed by atoms with Gasteiger partial charge in [0, 0.05) is 21.4 Å². The van der Waals surface area contributed by atoms with Gasteiger partial charge >= 0.3 is 0 Å². The Balaban J connectivity index is 2.24. The quantitative estimate of drug-likeness (QED) is 0.485. The van der Waals surface area contributed by atoms with E-state index in [2.05, 4.69) is 67.9 Å². The fourth-order valence-electron chi connectivity index (χ4n) is 2.67. The van der Waals surface area contributed by atoms with E-state index in [0.717, 1.165) is 15.8 Å². The van der Waals surface area contributed by atoms with Crippen LogP contribution in [0.5, 0.6) is 0 Å². The van der Waals surface area contributed by atoms with Crippen molar-refractivity contribution in [2.24, 2.45) is 0 Å². The molecule has 0 aliphatic rings. The van der Waals surface area contributed by atoms with Crippen molar-refractivity contribution < 1.29 is 0 Å². The number of pyridine rings is 1. The van der Waals surface area contributed by atoms with Gasteiger partial charge in [-0.05, 0) is 46.3 Å². The summed E-state index contributed by atoms with van der Waals surface area (Å²) in [6, 6.07) is 20.7. The van der Waals surface area contributed by atoms with Crippen molar-refractivity contribution in [3.05, 3.63) is 71.3 Å². The van der Waals surface area contributed by atoms with Crippen LogP contribution in [0.2, 0.25) is 0 Å². The highest BCUT2D eigenvalue weighted by molar-refractivity contribution is 9.10. The molecule has 0 fully saturated rings. The molecule has 2 heterocycles. The molecular formula is C17H11BrN2. The molecule has 0 unspecified atom stereocenters. The van der Waals surface area contributed by atoms with Gasteiger partial charge in [-0.15, -0.1) is 0 Å². The van der Waals surface area contributed by atoms with Crippen LogP contribution in [0.1, 0.15) is 0 Å². The lowest BCUT2D eigenvalue weighted by Crippen LogP contribution is -1.95. The van der Waals surface area contributed by atoms with Gasteiger partial charge in [-0.25, -0.2) is 4.98 Å². The van der Waals surface area contributed by atoms with Gasteiger partial charge in [0.15, 0.2) is 0 Å². The molecule has 4 aromatic rings. The lowest BCUT2D eigenvalue weighted by Gasteiger charge is -2.08. The topological polar surface area (TPSA) is 17.8 Å². The zero-order valence-electron chi connectivity index (χ0n) is 10.6. The first kappa shape index (κ1) is 11.7. The number of fused-ring (bicyclic) bond motifs is 3. The minimum Gasteiger partial charge on any atom is -0.293 e. The van der Waals surface area contributed by atoms with Crippen LogP contribution in [-0.4, -0.2) is 9.55 Å². The Morgan fingerprint density at radius 1 is 0.800 bits per heavy atom. The van der Waals surface area contributed by atoms with Gasteiger partial charge in [0.05, 0.1) is 11.2 Å².